The van der Waals surface area contributed by atoms with E-state index in [1.807, 2.05) is 47.4 Å². The molecule has 156 valence electrons. The Kier molecular flexibility index (Phi) is 6.77. The molecule has 30 heavy (non-hydrogen) atoms. The van der Waals surface area contributed by atoms with Crippen molar-refractivity contribution in [3.05, 3.63) is 71.2 Å². The fourth-order valence-corrected chi connectivity index (χ4v) is 4.53. The van der Waals surface area contributed by atoms with Crippen molar-refractivity contribution >= 4 is 17.2 Å². The quantitative estimate of drug-likeness (QED) is 0.576. The van der Waals surface area contributed by atoms with Gasteiger partial charge in [0.15, 0.2) is 0 Å². The van der Waals surface area contributed by atoms with Crippen molar-refractivity contribution in [3.8, 4) is 16.3 Å². The van der Waals surface area contributed by atoms with E-state index in [9.17, 15) is 4.79 Å². The minimum atomic E-state index is 0.234. The molecule has 0 atom stereocenters. The number of hydrogen-bond donors (Lipinski definition) is 0. The number of piperazine rings is 1. The van der Waals surface area contributed by atoms with E-state index in [-0.39, 0.29) is 5.91 Å². The number of thiazole rings is 1. The molecular weight excluding hydrogens is 394 g/mol. The first-order valence-corrected chi connectivity index (χ1v) is 11.2. The summed E-state index contributed by atoms with van der Waals surface area (Å²) in [6, 6.07) is 18.2. The molecule has 4 rings (SSSR count). The van der Waals surface area contributed by atoms with E-state index in [1.54, 1.807) is 18.4 Å². The molecule has 5 nitrogen and oxygen atoms in total. The van der Waals surface area contributed by atoms with Crippen molar-refractivity contribution in [2.45, 2.75) is 19.4 Å². The van der Waals surface area contributed by atoms with Crippen LogP contribution in [0.25, 0.3) is 10.6 Å². The normalized spacial score (nSPS) is 14.6. The molecular formula is C24H27N3O2S. The number of amides is 1. The van der Waals surface area contributed by atoms with Gasteiger partial charge in [-0.25, -0.2) is 4.98 Å². The van der Waals surface area contributed by atoms with Gasteiger partial charge in [0.2, 0.25) is 5.91 Å². The van der Waals surface area contributed by atoms with Crippen molar-refractivity contribution in [1.29, 1.82) is 0 Å². The summed E-state index contributed by atoms with van der Waals surface area (Å²) in [7, 11) is 1.66. The van der Waals surface area contributed by atoms with Crippen LogP contribution in [0.4, 0.5) is 0 Å². The lowest BCUT2D eigenvalue weighted by molar-refractivity contribution is -0.133. The van der Waals surface area contributed by atoms with Gasteiger partial charge in [0, 0.05) is 50.1 Å². The maximum absolute atomic E-state index is 12.6. The Labute approximate surface area is 181 Å². The second-order valence-corrected chi connectivity index (χ2v) is 8.38. The van der Waals surface area contributed by atoms with Gasteiger partial charge in [0.05, 0.1) is 12.8 Å². The van der Waals surface area contributed by atoms with Gasteiger partial charge in [-0.1, -0.05) is 42.5 Å². The monoisotopic (exact) mass is 421 g/mol. The fourth-order valence-electron chi connectivity index (χ4n) is 3.71. The smallest absolute Gasteiger partial charge is 0.222 e. The van der Waals surface area contributed by atoms with Gasteiger partial charge in [-0.3, -0.25) is 9.69 Å². The van der Waals surface area contributed by atoms with Gasteiger partial charge in [-0.2, -0.15) is 0 Å². The maximum Gasteiger partial charge on any atom is 0.222 e. The number of ether oxygens (including phenoxy) is 1. The molecule has 2 heterocycles. The second-order valence-electron chi connectivity index (χ2n) is 7.52. The van der Waals surface area contributed by atoms with E-state index >= 15 is 0 Å². The molecule has 1 aromatic heterocycles. The van der Waals surface area contributed by atoms with Gasteiger partial charge in [-0.05, 0) is 24.1 Å². The average Bonchev–Trinajstić information content (AvgIpc) is 3.27. The number of carbonyl (C=O) groups excluding carboxylic acids is 1. The molecule has 0 spiro atoms. The van der Waals surface area contributed by atoms with E-state index in [0.29, 0.717) is 6.42 Å². The highest BCUT2D eigenvalue weighted by Crippen LogP contribution is 2.24. The number of aryl methyl sites for hydroxylation is 1. The van der Waals surface area contributed by atoms with Crippen LogP contribution in [0.2, 0.25) is 0 Å². The van der Waals surface area contributed by atoms with Crippen molar-refractivity contribution in [1.82, 2.24) is 14.8 Å². The number of aromatic nitrogens is 1. The highest BCUT2D eigenvalue weighted by molar-refractivity contribution is 7.13. The summed E-state index contributed by atoms with van der Waals surface area (Å²) < 4.78 is 5.26. The molecule has 0 aliphatic carbocycles. The first kappa shape index (κ1) is 20.6. The molecule has 0 unspecified atom stereocenters. The minimum Gasteiger partial charge on any atom is -0.497 e. The molecule has 0 saturated carbocycles. The zero-order valence-corrected chi connectivity index (χ0v) is 18.1. The zero-order valence-electron chi connectivity index (χ0n) is 17.3. The summed E-state index contributed by atoms with van der Waals surface area (Å²) in [6.07, 6.45) is 1.29. The van der Waals surface area contributed by atoms with E-state index < -0.39 is 0 Å². The van der Waals surface area contributed by atoms with Crippen molar-refractivity contribution in [2.24, 2.45) is 0 Å². The summed E-state index contributed by atoms with van der Waals surface area (Å²) in [5, 5.41) is 3.21. The maximum atomic E-state index is 12.6. The summed E-state index contributed by atoms with van der Waals surface area (Å²) in [6.45, 7) is 4.20. The highest BCUT2D eigenvalue weighted by Gasteiger charge is 2.21. The molecule has 0 bridgehead atoms. The Morgan fingerprint density at radius 3 is 2.63 bits per heavy atom. The average molecular weight is 422 g/mol. The van der Waals surface area contributed by atoms with Crippen molar-refractivity contribution in [2.75, 3.05) is 33.3 Å². The van der Waals surface area contributed by atoms with Crippen LogP contribution in [-0.4, -0.2) is 54.0 Å². The van der Waals surface area contributed by atoms with E-state index in [2.05, 4.69) is 22.4 Å². The second kappa shape index (κ2) is 9.87. The number of nitrogens with zero attached hydrogens (tertiary/aromatic N) is 3. The van der Waals surface area contributed by atoms with Crippen LogP contribution in [0.3, 0.4) is 0 Å². The van der Waals surface area contributed by atoms with Crippen LogP contribution in [0.5, 0.6) is 5.75 Å². The molecule has 0 radical (unpaired) electrons. The molecule has 2 aromatic carbocycles. The Hall–Kier alpha value is -2.70. The van der Waals surface area contributed by atoms with Crippen LogP contribution in [0.15, 0.2) is 60.0 Å². The molecule has 1 saturated heterocycles. The fraction of sp³-hybridized carbons (Fsp3) is 0.333. The number of benzene rings is 2. The standard InChI is InChI=1S/C24H27N3O2S/c1-29-22-9-5-6-19(16-22)10-11-23(28)27-14-12-26(13-15-27)17-21-18-30-24(25-21)20-7-3-2-4-8-20/h2-9,16,18H,10-15,17H2,1H3. The molecule has 1 amide bonds. The lowest BCUT2D eigenvalue weighted by Crippen LogP contribution is -2.48. The van der Waals surface area contributed by atoms with Crippen LogP contribution in [-0.2, 0) is 17.8 Å². The third kappa shape index (κ3) is 5.26. The first-order valence-electron chi connectivity index (χ1n) is 10.3. The number of carbonyl (C=O) groups is 1. The Morgan fingerprint density at radius 2 is 1.87 bits per heavy atom. The predicted molar refractivity (Wildman–Crippen MR) is 121 cm³/mol. The van der Waals surface area contributed by atoms with Crippen molar-refractivity contribution < 1.29 is 9.53 Å². The predicted octanol–water partition coefficient (Wildman–Crippen LogP) is 4.10. The summed E-state index contributed by atoms with van der Waals surface area (Å²) >= 11 is 1.69. The number of hydrogen-bond acceptors (Lipinski definition) is 5. The van der Waals surface area contributed by atoms with E-state index in [1.165, 1.54) is 5.56 Å². The topological polar surface area (TPSA) is 45.7 Å². The molecule has 1 fully saturated rings. The molecule has 3 aromatic rings. The Bertz CT molecular complexity index is 965. The van der Waals surface area contributed by atoms with Gasteiger partial charge in [0.1, 0.15) is 10.8 Å². The van der Waals surface area contributed by atoms with Crippen LogP contribution < -0.4 is 4.74 Å². The largest absolute Gasteiger partial charge is 0.497 e. The van der Waals surface area contributed by atoms with Crippen LogP contribution in [0, 0.1) is 0 Å². The van der Waals surface area contributed by atoms with Crippen LogP contribution >= 0.6 is 11.3 Å². The summed E-state index contributed by atoms with van der Waals surface area (Å²) in [4.78, 5) is 21.8. The third-order valence-electron chi connectivity index (χ3n) is 5.44. The van der Waals surface area contributed by atoms with Crippen LogP contribution in [0.1, 0.15) is 17.7 Å². The van der Waals surface area contributed by atoms with Gasteiger partial charge in [0.25, 0.3) is 0 Å². The molecule has 1 aliphatic rings. The zero-order chi connectivity index (χ0) is 20.8. The molecule has 6 heteroatoms. The molecule has 1 aliphatic heterocycles. The number of methoxy groups -OCH3 is 1. The van der Waals surface area contributed by atoms with Crippen molar-refractivity contribution in [3.63, 3.8) is 0 Å². The summed E-state index contributed by atoms with van der Waals surface area (Å²) in [5.41, 5.74) is 3.41. The number of rotatable bonds is 7. The third-order valence-corrected chi connectivity index (χ3v) is 6.38. The van der Waals surface area contributed by atoms with E-state index in [0.717, 1.165) is 61.2 Å². The van der Waals surface area contributed by atoms with Gasteiger partial charge < -0.3 is 9.64 Å². The summed E-state index contributed by atoms with van der Waals surface area (Å²) in [5.74, 6) is 1.07. The van der Waals surface area contributed by atoms with E-state index in [4.69, 9.17) is 9.72 Å². The van der Waals surface area contributed by atoms with Gasteiger partial charge >= 0.3 is 0 Å². The van der Waals surface area contributed by atoms with Gasteiger partial charge in [-0.15, -0.1) is 11.3 Å². The SMILES string of the molecule is COc1cccc(CCC(=O)N2CCN(Cc3csc(-c4ccccc4)n3)CC2)c1. The lowest BCUT2D eigenvalue weighted by Gasteiger charge is -2.34. The Balaban J connectivity index is 1.24. The minimum absolute atomic E-state index is 0.234. The lowest BCUT2D eigenvalue weighted by atomic mass is 10.1. The highest BCUT2D eigenvalue weighted by atomic mass is 32.1. The Morgan fingerprint density at radius 1 is 1.07 bits per heavy atom. The first-order chi connectivity index (χ1) is 14.7. The molecule has 0 N–H and O–H groups in total.